The molecule has 1 aliphatic heterocycles. The van der Waals surface area contributed by atoms with Crippen LogP contribution in [0.25, 0.3) is 11.2 Å². The first kappa shape index (κ1) is 18.6. The number of thioether (sulfide) groups is 1. The lowest BCUT2D eigenvalue weighted by molar-refractivity contribution is 0.174. The zero-order valence-electron chi connectivity index (χ0n) is 16.2. The van der Waals surface area contributed by atoms with Crippen molar-refractivity contribution in [3.8, 4) is 11.5 Å². The van der Waals surface area contributed by atoms with Crippen LogP contribution in [0, 0.1) is 6.92 Å². The van der Waals surface area contributed by atoms with Crippen LogP contribution in [-0.4, -0.2) is 26.3 Å². The Morgan fingerprint density at radius 3 is 2.63 bits per heavy atom. The van der Waals surface area contributed by atoms with Crippen molar-refractivity contribution in [1.82, 2.24) is 19.5 Å². The van der Waals surface area contributed by atoms with E-state index in [-0.39, 0.29) is 17.9 Å². The van der Waals surface area contributed by atoms with Gasteiger partial charge >= 0.3 is 0 Å². The Kier molecular flexibility index (Phi) is 4.84. The normalized spacial score (nSPS) is 12.4. The summed E-state index contributed by atoms with van der Waals surface area (Å²) in [4.78, 5) is 26.3. The van der Waals surface area contributed by atoms with Gasteiger partial charge in [0.15, 0.2) is 27.8 Å². The van der Waals surface area contributed by atoms with E-state index in [0.717, 1.165) is 11.1 Å². The van der Waals surface area contributed by atoms with E-state index in [9.17, 15) is 4.79 Å². The van der Waals surface area contributed by atoms with Crippen LogP contribution in [0.5, 0.6) is 11.5 Å². The van der Waals surface area contributed by atoms with E-state index in [1.807, 2.05) is 18.2 Å². The van der Waals surface area contributed by atoms with E-state index in [1.165, 1.54) is 23.5 Å². The molecule has 1 aliphatic rings. The second kappa shape index (κ2) is 7.79. The minimum atomic E-state index is -0.211. The molecular weight excluding hydrogens is 400 g/mol. The first-order valence-electron chi connectivity index (χ1n) is 9.46. The van der Waals surface area contributed by atoms with Gasteiger partial charge in [0.1, 0.15) is 0 Å². The van der Waals surface area contributed by atoms with E-state index in [1.54, 1.807) is 10.8 Å². The summed E-state index contributed by atoms with van der Waals surface area (Å²) in [5.74, 6) is 2.09. The molecule has 0 amide bonds. The molecule has 0 N–H and O–H groups in total. The van der Waals surface area contributed by atoms with Gasteiger partial charge in [-0.15, -0.1) is 0 Å². The van der Waals surface area contributed by atoms with Gasteiger partial charge in [0.25, 0.3) is 5.56 Å². The van der Waals surface area contributed by atoms with Crippen LogP contribution in [0.4, 0.5) is 0 Å². The standard InChI is InChI=1S/C22H18N4O3S/c1-14-2-4-15(5-3-14)12-30-22-25-20-19(23-8-9-24-20)21(27)26(22)11-16-6-7-17-18(10-16)29-13-28-17/h2-10H,11-13H2,1H3. The summed E-state index contributed by atoms with van der Waals surface area (Å²) in [6.07, 6.45) is 3.06. The van der Waals surface area contributed by atoms with E-state index in [2.05, 4.69) is 46.1 Å². The van der Waals surface area contributed by atoms with Crippen LogP contribution >= 0.6 is 11.8 Å². The Hall–Kier alpha value is -3.39. The molecule has 0 radical (unpaired) electrons. The average Bonchev–Trinajstić information content (AvgIpc) is 3.23. The molecule has 150 valence electrons. The van der Waals surface area contributed by atoms with Gasteiger partial charge in [0.2, 0.25) is 6.79 Å². The zero-order valence-corrected chi connectivity index (χ0v) is 17.1. The summed E-state index contributed by atoms with van der Waals surface area (Å²) in [6.45, 7) is 2.62. The lowest BCUT2D eigenvalue weighted by atomic mass is 10.2. The molecule has 3 heterocycles. The van der Waals surface area contributed by atoms with Crippen LogP contribution in [0.2, 0.25) is 0 Å². The maximum Gasteiger partial charge on any atom is 0.282 e. The molecule has 2 aromatic carbocycles. The first-order valence-corrected chi connectivity index (χ1v) is 10.4. The van der Waals surface area contributed by atoms with Crippen molar-refractivity contribution in [1.29, 1.82) is 0 Å². The third-order valence-electron chi connectivity index (χ3n) is 4.83. The van der Waals surface area contributed by atoms with Crippen molar-refractivity contribution in [3.63, 3.8) is 0 Å². The molecular formula is C22H18N4O3S. The van der Waals surface area contributed by atoms with Crippen molar-refractivity contribution in [2.75, 3.05) is 6.79 Å². The van der Waals surface area contributed by atoms with E-state index in [4.69, 9.17) is 9.47 Å². The van der Waals surface area contributed by atoms with Crippen LogP contribution < -0.4 is 15.0 Å². The van der Waals surface area contributed by atoms with Gasteiger partial charge < -0.3 is 9.47 Å². The monoisotopic (exact) mass is 418 g/mol. The number of hydrogen-bond donors (Lipinski definition) is 0. The topological polar surface area (TPSA) is 79.1 Å². The van der Waals surface area contributed by atoms with E-state index in [0.29, 0.717) is 34.6 Å². The number of ether oxygens (including phenoxy) is 2. The second-order valence-corrected chi connectivity index (χ2v) is 7.92. The fraction of sp³-hybridized carbons (Fsp3) is 0.182. The number of nitrogens with zero attached hydrogens (tertiary/aromatic N) is 4. The highest BCUT2D eigenvalue weighted by Crippen LogP contribution is 2.33. The van der Waals surface area contributed by atoms with Crippen LogP contribution in [0.3, 0.4) is 0 Å². The van der Waals surface area contributed by atoms with Crippen LogP contribution in [0.15, 0.2) is 64.8 Å². The van der Waals surface area contributed by atoms with Gasteiger partial charge in [-0.3, -0.25) is 9.36 Å². The second-order valence-electron chi connectivity index (χ2n) is 6.98. The predicted octanol–water partition coefficient (Wildman–Crippen LogP) is 3.56. The number of rotatable bonds is 5. The minimum Gasteiger partial charge on any atom is -0.454 e. The molecule has 0 atom stereocenters. The molecule has 0 aliphatic carbocycles. The summed E-state index contributed by atoms with van der Waals surface area (Å²) >= 11 is 1.51. The molecule has 4 aromatic rings. The quantitative estimate of drug-likeness (QED) is 0.362. The first-order chi connectivity index (χ1) is 14.7. The summed E-state index contributed by atoms with van der Waals surface area (Å²) in [7, 11) is 0. The van der Waals surface area contributed by atoms with Gasteiger partial charge in [-0.05, 0) is 30.2 Å². The Morgan fingerprint density at radius 1 is 1.00 bits per heavy atom. The molecule has 0 unspecified atom stereocenters. The lowest BCUT2D eigenvalue weighted by Gasteiger charge is -2.13. The largest absolute Gasteiger partial charge is 0.454 e. The van der Waals surface area contributed by atoms with Crippen molar-refractivity contribution < 1.29 is 9.47 Å². The van der Waals surface area contributed by atoms with Crippen molar-refractivity contribution in [2.45, 2.75) is 24.4 Å². The van der Waals surface area contributed by atoms with Crippen molar-refractivity contribution in [3.05, 3.63) is 81.9 Å². The Bertz CT molecular complexity index is 1290. The summed E-state index contributed by atoms with van der Waals surface area (Å²) < 4.78 is 12.5. The highest BCUT2D eigenvalue weighted by molar-refractivity contribution is 7.98. The van der Waals surface area contributed by atoms with Gasteiger partial charge in [-0.25, -0.2) is 15.0 Å². The SMILES string of the molecule is Cc1ccc(CSc2nc3nccnc3c(=O)n2Cc2ccc3c(c2)OCO3)cc1. The Labute approximate surface area is 176 Å². The maximum absolute atomic E-state index is 13.2. The molecule has 0 fully saturated rings. The molecule has 0 saturated heterocycles. The average molecular weight is 418 g/mol. The third-order valence-corrected chi connectivity index (χ3v) is 5.87. The predicted molar refractivity (Wildman–Crippen MR) is 114 cm³/mol. The number of hydrogen-bond acceptors (Lipinski definition) is 7. The Morgan fingerprint density at radius 2 is 1.77 bits per heavy atom. The molecule has 0 saturated carbocycles. The highest BCUT2D eigenvalue weighted by Gasteiger charge is 2.17. The minimum absolute atomic E-state index is 0.211. The van der Waals surface area contributed by atoms with Gasteiger partial charge in [-0.1, -0.05) is 47.7 Å². The summed E-state index contributed by atoms with van der Waals surface area (Å²) in [5.41, 5.74) is 3.70. The number of aryl methyl sites for hydroxylation is 1. The van der Waals surface area contributed by atoms with Crippen molar-refractivity contribution in [2.24, 2.45) is 0 Å². The van der Waals surface area contributed by atoms with Crippen LogP contribution in [-0.2, 0) is 12.3 Å². The Balaban J connectivity index is 1.52. The molecule has 0 bridgehead atoms. The molecule has 7 nitrogen and oxygen atoms in total. The molecule has 8 heteroatoms. The smallest absolute Gasteiger partial charge is 0.282 e. The van der Waals surface area contributed by atoms with Crippen LogP contribution in [0.1, 0.15) is 16.7 Å². The summed E-state index contributed by atoms with van der Waals surface area (Å²) in [5, 5.41) is 0.603. The van der Waals surface area contributed by atoms with Gasteiger partial charge in [0, 0.05) is 18.1 Å². The number of benzene rings is 2. The molecule has 0 spiro atoms. The highest BCUT2D eigenvalue weighted by atomic mass is 32.2. The van der Waals surface area contributed by atoms with E-state index < -0.39 is 0 Å². The van der Waals surface area contributed by atoms with Gasteiger partial charge in [-0.2, -0.15) is 0 Å². The van der Waals surface area contributed by atoms with E-state index >= 15 is 0 Å². The maximum atomic E-state index is 13.2. The van der Waals surface area contributed by atoms with Crippen molar-refractivity contribution >= 4 is 22.9 Å². The zero-order chi connectivity index (χ0) is 20.5. The number of aromatic nitrogens is 4. The summed E-state index contributed by atoms with van der Waals surface area (Å²) in [6, 6.07) is 14.0. The molecule has 2 aromatic heterocycles. The number of fused-ring (bicyclic) bond motifs is 2. The molecule has 5 rings (SSSR count). The van der Waals surface area contributed by atoms with Gasteiger partial charge in [0.05, 0.1) is 6.54 Å². The molecule has 30 heavy (non-hydrogen) atoms. The fourth-order valence-corrected chi connectivity index (χ4v) is 4.18. The third kappa shape index (κ3) is 3.61. The fourth-order valence-electron chi connectivity index (χ4n) is 3.23. The lowest BCUT2D eigenvalue weighted by Crippen LogP contribution is -2.25.